The van der Waals surface area contributed by atoms with Gasteiger partial charge in [0.1, 0.15) is 0 Å². The Kier molecular flexibility index (Phi) is 5.40. The minimum Gasteiger partial charge on any atom is -0.300 e. The maximum Gasteiger partial charge on any atom is 0.260 e. The third-order valence-electron chi connectivity index (χ3n) is 3.94. The zero-order valence-corrected chi connectivity index (χ0v) is 14.0. The first-order chi connectivity index (χ1) is 9.96. The van der Waals surface area contributed by atoms with Crippen molar-refractivity contribution >= 4 is 10.0 Å². The molecule has 0 spiro atoms. The third-order valence-corrected chi connectivity index (χ3v) is 5.86. The van der Waals surface area contributed by atoms with E-state index in [1.807, 2.05) is 6.92 Å². The summed E-state index contributed by atoms with van der Waals surface area (Å²) in [6.45, 7) is 9.84. The van der Waals surface area contributed by atoms with Crippen molar-refractivity contribution in [3.63, 3.8) is 0 Å². The molecule has 21 heavy (non-hydrogen) atoms. The van der Waals surface area contributed by atoms with E-state index in [0.717, 1.165) is 25.9 Å². The molecule has 0 bridgehead atoms. The third kappa shape index (κ3) is 3.64. The maximum absolute atomic E-state index is 12.8. The Bertz CT molecular complexity index is 553. The second-order valence-corrected chi connectivity index (χ2v) is 7.66. The predicted octanol–water partition coefficient (Wildman–Crippen LogP) is 1.40. The summed E-state index contributed by atoms with van der Waals surface area (Å²) in [5, 5.41) is 4.46. The zero-order valence-electron chi connectivity index (χ0n) is 13.2. The number of nitrogens with zero attached hydrogens (tertiary/aromatic N) is 4. The minimum atomic E-state index is -3.44. The lowest BCUT2D eigenvalue weighted by molar-refractivity contribution is 0.233. The van der Waals surface area contributed by atoms with E-state index in [0.29, 0.717) is 30.7 Å². The molecule has 0 atom stereocenters. The van der Waals surface area contributed by atoms with Crippen molar-refractivity contribution in [1.82, 2.24) is 19.0 Å². The molecule has 6 nitrogen and oxygen atoms in total. The van der Waals surface area contributed by atoms with Gasteiger partial charge in [-0.3, -0.25) is 9.58 Å². The molecule has 120 valence electrons. The van der Waals surface area contributed by atoms with Gasteiger partial charge in [-0.2, -0.15) is 9.40 Å². The van der Waals surface area contributed by atoms with E-state index in [1.165, 1.54) is 0 Å². The van der Waals surface area contributed by atoms with Crippen LogP contribution in [0, 0.1) is 0 Å². The number of sulfonamides is 1. The minimum absolute atomic E-state index is 0.322. The summed E-state index contributed by atoms with van der Waals surface area (Å²) >= 11 is 0. The second kappa shape index (κ2) is 6.89. The van der Waals surface area contributed by atoms with Gasteiger partial charge < -0.3 is 0 Å². The molecule has 7 heteroatoms. The Morgan fingerprint density at radius 3 is 2.67 bits per heavy atom. The van der Waals surface area contributed by atoms with Gasteiger partial charge in [-0.15, -0.1) is 0 Å². The Morgan fingerprint density at radius 1 is 1.24 bits per heavy atom. The smallest absolute Gasteiger partial charge is 0.260 e. The molecule has 1 aromatic rings. The van der Waals surface area contributed by atoms with Gasteiger partial charge in [0.2, 0.25) is 0 Å². The van der Waals surface area contributed by atoms with E-state index in [1.54, 1.807) is 21.3 Å². The van der Waals surface area contributed by atoms with E-state index >= 15 is 0 Å². The van der Waals surface area contributed by atoms with E-state index in [4.69, 9.17) is 0 Å². The molecule has 0 unspecified atom stereocenters. The van der Waals surface area contributed by atoms with E-state index < -0.39 is 10.0 Å². The number of aromatic nitrogens is 2. The van der Waals surface area contributed by atoms with Crippen LogP contribution in [0.25, 0.3) is 0 Å². The van der Waals surface area contributed by atoms with Crippen molar-refractivity contribution in [2.75, 3.05) is 26.2 Å². The normalized spacial score (nSPS) is 19.0. The van der Waals surface area contributed by atoms with Crippen molar-refractivity contribution in [3.05, 3.63) is 12.3 Å². The van der Waals surface area contributed by atoms with Gasteiger partial charge in [0, 0.05) is 32.2 Å². The first-order valence-corrected chi connectivity index (χ1v) is 9.17. The lowest BCUT2D eigenvalue weighted by Crippen LogP contribution is -2.38. The van der Waals surface area contributed by atoms with E-state index in [-0.39, 0.29) is 0 Å². The van der Waals surface area contributed by atoms with Gasteiger partial charge in [-0.25, -0.2) is 8.42 Å². The molecular formula is C14H26N4O2S. The molecule has 2 heterocycles. The Labute approximate surface area is 127 Å². The van der Waals surface area contributed by atoms with Gasteiger partial charge >= 0.3 is 0 Å². The average Bonchev–Trinajstić information content (AvgIpc) is 2.74. The topological polar surface area (TPSA) is 58.4 Å². The number of hydrogen-bond acceptors (Lipinski definition) is 4. The van der Waals surface area contributed by atoms with Crippen LogP contribution < -0.4 is 0 Å². The van der Waals surface area contributed by atoms with Crippen molar-refractivity contribution in [2.24, 2.45) is 0 Å². The molecular weight excluding hydrogens is 288 g/mol. The highest BCUT2D eigenvalue weighted by atomic mass is 32.2. The van der Waals surface area contributed by atoms with Crippen molar-refractivity contribution < 1.29 is 8.42 Å². The first-order valence-electron chi connectivity index (χ1n) is 7.72. The SMILES string of the molecule is CCCn1nccc1S(=O)(=O)N1CCCN(C(C)C)CC1. The van der Waals surface area contributed by atoms with Crippen molar-refractivity contribution in [2.45, 2.75) is 51.2 Å². The second-order valence-electron chi connectivity index (χ2n) is 5.78. The fourth-order valence-corrected chi connectivity index (χ4v) is 4.32. The van der Waals surface area contributed by atoms with Gasteiger partial charge in [-0.1, -0.05) is 6.92 Å². The molecule has 0 saturated carbocycles. The molecule has 1 aromatic heterocycles. The van der Waals surface area contributed by atoms with Gasteiger partial charge in [-0.05, 0) is 39.3 Å². The van der Waals surface area contributed by atoms with Crippen molar-refractivity contribution in [1.29, 1.82) is 0 Å². The maximum atomic E-state index is 12.8. The number of hydrogen-bond donors (Lipinski definition) is 0. The Hall–Kier alpha value is -0.920. The highest BCUT2D eigenvalue weighted by Gasteiger charge is 2.29. The highest BCUT2D eigenvalue weighted by Crippen LogP contribution is 2.18. The molecule has 1 aliphatic rings. The van der Waals surface area contributed by atoms with Crippen LogP contribution in [0.3, 0.4) is 0 Å². The molecule has 0 amide bonds. The summed E-state index contributed by atoms with van der Waals surface area (Å²) in [7, 11) is -3.44. The van der Waals surface area contributed by atoms with Gasteiger partial charge in [0.05, 0.1) is 6.20 Å². The molecule has 0 radical (unpaired) electrons. The standard InChI is InChI=1S/C14H26N4O2S/c1-4-8-18-14(6-7-15-18)21(19,20)17-10-5-9-16(11-12-17)13(2)3/h6-7,13H,4-5,8-12H2,1-3H3. The van der Waals surface area contributed by atoms with Crippen molar-refractivity contribution in [3.8, 4) is 0 Å². The molecule has 2 rings (SSSR count). The predicted molar refractivity (Wildman–Crippen MR) is 82.6 cm³/mol. The van der Waals surface area contributed by atoms with Crippen LogP contribution in [0.2, 0.25) is 0 Å². The van der Waals surface area contributed by atoms with Crippen LogP contribution in [0.15, 0.2) is 17.3 Å². The fourth-order valence-electron chi connectivity index (χ4n) is 2.72. The quantitative estimate of drug-likeness (QED) is 0.824. The number of rotatable bonds is 5. The van der Waals surface area contributed by atoms with E-state index in [2.05, 4.69) is 23.8 Å². The Morgan fingerprint density at radius 2 is 2.00 bits per heavy atom. The lowest BCUT2D eigenvalue weighted by Gasteiger charge is -2.24. The van der Waals surface area contributed by atoms with E-state index in [9.17, 15) is 8.42 Å². The highest BCUT2D eigenvalue weighted by molar-refractivity contribution is 7.89. The molecule has 1 aliphatic heterocycles. The monoisotopic (exact) mass is 314 g/mol. The lowest BCUT2D eigenvalue weighted by atomic mass is 10.3. The molecule has 1 saturated heterocycles. The van der Waals surface area contributed by atoms with Gasteiger partial charge in [0.25, 0.3) is 10.0 Å². The fraction of sp³-hybridized carbons (Fsp3) is 0.786. The average molecular weight is 314 g/mol. The molecule has 0 aliphatic carbocycles. The molecule has 0 aromatic carbocycles. The van der Waals surface area contributed by atoms with Crippen LogP contribution in [-0.2, 0) is 16.6 Å². The van der Waals surface area contributed by atoms with Crippen LogP contribution in [0.1, 0.15) is 33.6 Å². The van der Waals surface area contributed by atoms with Crippen LogP contribution >= 0.6 is 0 Å². The van der Waals surface area contributed by atoms with Crippen LogP contribution in [-0.4, -0.2) is 59.6 Å². The summed E-state index contributed by atoms with van der Waals surface area (Å²) < 4.78 is 28.8. The summed E-state index contributed by atoms with van der Waals surface area (Å²) in [6, 6.07) is 2.06. The summed E-state index contributed by atoms with van der Waals surface area (Å²) in [4.78, 5) is 2.33. The molecule has 0 N–H and O–H groups in total. The zero-order chi connectivity index (χ0) is 15.5. The first kappa shape index (κ1) is 16.5. The summed E-state index contributed by atoms with van der Waals surface area (Å²) in [5.74, 6) is 0. The number of aryl methyl sites for hydroxylation is 1. The van der Waals surface area contributed by atoms with Crippen LogP contribution in [0.5, 0.6) is 0 Å². The summed E-state index contributed by atoms with van der Waals surface area (Å²) in [5.41, 5.74) is 0. The van der Waals surface area contributed by atoms with Crippen LogP contribution in [0.4, 0.5) is 0 Å². The van der Waals surface area contributed by atoms with Gasteiger partial charge in [0.15, 0.2) is 5.03 Å². The molecule has 1 fully saturated rings. The largest absolute Gasteiger partial charge is 0.300 e. The Balaban J connectivity index is 2.17. The summed E-state index contributed by atoms with van der Waals surface area (Å²) in [6.07, 6.45) is 3.31.